The van der Waals surface area contributed by atoms with Crippen molar-refractivity contribution in [1.29, 1.82) is 0 Å². The number of ether oxygens (including phenoxy) is 1. The van der Waals surface area contributed by atoms with Gasteiger partial charge in [-0.1, -0.05) is 55.3 Å². The molecule has 5 rings (SSSR count). The van der Waals surface area contributed by atoms with E-state index < -0.39 is 17.3 Å². The minimum Gasteiger partial charge on any atom is -0.497 e. The molecular weight excluding hydrogens is 577 g/mol. The molecule has 7 nitrogen and oxygen atoms in total. The molecule has 1 unspecified atom stereocenters. The van der Waals surface area contributed by atoms with Crippen molar-refractivity contribution in [2.45, 2.75) is 50.0 Å². The van der Waals surface area contributed by atoms with Gasteiger partial charge in [-0.15, -0.1) is 0 Å². The fourth-order valence-electron chi connectivity index (χ4n) is 5.81. The second-order valence-electron chi connectivity index (χ2n) is 10.9. The summed E-state index contributed by atoms with van der Waals surface area (Å²) >= 11 is 5.57. The quantitative estimate of drug-likeness (QED) is 0.293. The maximum Gasteiger partial charge on any atom is 0.416 e. The first-order valence-corrected chi connectivity index (χ1v) is 14.5. The van der Waals surface area contributed by atoms with Crippen molar-refractivity contribution in [3.8, 4) is 5.75 Å². The number of thiocarbonyl (C=S) groups is 1. The van der Waals surface area contributed by atoms with Crippen molar-refractivity contribution >= 4 is 34.8 Å². The van der Waals surface area contributed by atoms with Crippen LogP contribution in [0.2, 0.25) is 0 Å². The third kappa shape index (κ3) is 6.77. The predicted molar refractivity (Wildman–Crippen MR) is 161 cm³/mol. The molecule has 2 fully saturated rings. The van der Waals surface area contributed by atoms with Gasteiger partial charge in [0.15, 0.2) is 5.11 Å². The lowest BCUT2D eigenvalue weighted by Gasteiger charge is -2.41. The molecule has 0 bridgehead atoms. The van der Waals surface area contributed by atoms with Gasteiger partial charge < -0.3 is 25.2 Å². The summed E-state index contributed by atoms with van der Waals surface area (Å²) in [6.07, 6.45) is -2.17. The zero-order valence-corrected chi connectivity index (χ0v) is 24.5. The zero-order valence-electron chi connectivity index (χ0n) is 23.7. The second-order valence-corrected chi connectivity index (χ2v) is 11.3. The van der Waals surface area contributed by atoms with Gasteiger partial charge >= 0.3 is 6.18 Å². The van der Waals surface area contributed by atoms with Gasteiger partial charge in [-0.2, -0.15) is 13.2 Å². The Morgan fingerprint density at radius 1 is 1.02 bits per heavy atom. The van der Waals surface area contributed by atoms with Gasteiger partial charge in [0, 0.05) is 18.8 Å². The van der Waals surface area contributed by atoms with Gasteiger partial charge in [0.05, 0.1) is 25.3 Å². The highest BCUT2D eigenvalue weighted by molar-refractivity contribution is 7.80. The average Bonchev–Trinajstić information content (AvgIpc) is 3.64. The van der Waals surface area contributed by atoms with Crippen LogP contribution < -0.4 is 15.4 Å². The van der Waals surface area contributed by atoms with Crippen LogP contribution in [0, 0.1) is 0 Å². The Kier molecular flexibility index (Phi) is 8.91. The zero-order chi connectivity index (χ0) is 30.6. The van der Waals surface area contributed by atoms with Gasteiger partial charge in [0.25, 0.3) is 0 Å². The van der Waals surface area contributed by atoms with E-state index in [-0.39, 0.29) is 30.9 Å². The molecule has 1 saturated heterocycles. The van der Waals surface area contributed by atoms with Crippen molar-refractivity contribution in [1.82, 2.24) is 15.1 Å². The topological polar surface area (TPSA) is 73.9 Å². The van der Waals surface area contributed by atoms with Crippen LogP contribution in [0.4, 0.5) is 18.9 Å². The molecule has 2 N–H and O–H groups in total. The largest absolute Gasteiger partial charge is 0.497 e. The minimum absolute atomic E-state index is 0.0247. The second kappa shape index (κ2) is 12.6. The molecule has 1 aliphatic carbocycles. The van der Waals surface area contributed by atoms with Gasteiger partial charge in [-0.05, 0) is 72.6 Å². The molecule has 43 heavy (non-hydrogen) atoms. The number of nitrogens with zero attached hydrogens (tertiary/aromatic N) is 2. The number of hydrogen-bond acceptors (Lipinski definition) is 4. The van der Waals surface area contributed by atoms with Crippen LogP contribution in [0.15, 0.2) is 78.9 Å². The minimum atomic E-state index is -4.48. The van der Waals surface area contributed by atoms with Crippen molar-refractivity contribution in [2.75, 3.05) is 25.5 Å². The maximum absolute atomic E-state index is 14.2. The van der Waals surface area contributed by atoms with Crippen LogP contribution in [0.3, 0.4) is 0 Å². The summed E-state index contributed by atoms with van der Waals surface area (Å²) < 4.78 is 45.0. The van der Waals surface area contributed by atoms with E-state index in [0.29, 0.717) is 41.5 Å². The van der Waals surface area contributed by atoms with Crippen molar-refractivity contribution < 1.29 is 27.5 Å². The van der Waals surface area contributed by atoms with E-state index in [2.05, 4.69) is 10.6 Å². The molecule has 0 radical (unpaired) electrons. The van der Waals surface area contributed by atoms with E-state index in [1.807, 2.05) is 30.3 Å². The van der Waals surface area contributed by atoms with Gasteiger partial charge in [0.1, 0.15) is 11.3 Å². The van der Waals surface area contributed by atoms with E-state index >= 15 is 0 Å². The van der Waals surface area contributed by atoms with E-state index in [1.54, 1.807) is 41.2 Å². The molecule has 0 spiro atoms. The summed E-state index contributed by atoms with van der Waals surface area (Å²) in [4.78, 5) is 31.5. The summed E-state index contributed by atoms with van der Waals surface area (Å²) in [5, 5.41) is 6.67. The molecule has 3 aromatic rings. The first kappa shape index (κ1) is 30.3. The highest BCUT2D eigenvalue weighted by Gasteiger charge is 2.49. The normalized spacial score (nSPS) is 17.8. The number of carbonyl (C=O) groups excluding carboxylic acids is 2. The number of carbonyl (C=O) groups is 2. The maximum atomic E-state index is 14.2. The summed E-state index contributed by atoms with van der Waals surface area (Å²) in [6, 6.07) is 21.3. The Bertz CT molecular complexity index is 1440. The van der Waals surface area contributed by atoms with Gasteiger partial charge in [0.2, 0.25) is 11.8 Å². The van der Waals surface area contributed by atoms with Crippen LogP contribution in [0.5, 0.6) is 5.75 Å². The highest BCUT2D eigenvalue weighted by Crippen LogP contribution is 2.38. The van der Waals surface area contributed by atoms with E-state index in [1.165, 1.54) is 12.1 Å². The number of alkyl halides is 3. The lowest BCUT2D eigenvalue weighted by molar-refractivity contribution is -0.146. The molecular formula is C32H33F3N4O3S. The Morgan fingerprint density at radius 3 is 2.28 bits per heavy atom. The number of benzene rings is 3. The lowest BCUT2D eigenvalue weighted by atomic mass is 9.92. The number of methoxy groups -OCH3 is 1. The lowest BCUT2D eigenvalue weighted by Crippen LogP contribution is -2.59. The summed E-state index contributed by atoms with van der Waals surface area (Å²) in [5.41, 5.74) is 0.117. The molecule has 1 saturated carbocycles. The molecule has 226 valence electrons. The SMILES string of the molecule is COc1ccc(NC(=O)C2(N(Cc3ccc(C(F)(F)F)cc3)C(=O)CN3CC(c4ccccc4)NC3=S)CCCC2)cc1. The number of anilines is 1. The van der Waals surface area contributed by atoms with Crippen LogP contribution in [0.25, 0.3) is 0 Å². The Morgan fingerprint density at radius 2 is 1.67 bits per heavy atom. The molecule has 1 heterocycles. The van der Waals surface area contributed by atoms with Crippen molar-refractivity contribution in [3.63, 3.8) is 0 Å². The standard InChI is InChI=1S/C32H33F3N4O3S/c1-42-26-15-13-25(14-16-26)36-29(41)31(17-5-6-18-31)39(19-22-9-11-24(12-10-22)32(33,34)35)28(40)21-38-20-27(37-30(38)43)23-7-3-2-4-8-23/h2-4,7-16,27H,5-6,17-21H2,1H3,(H,36,41)(H,37,43). The molecule has 1 aliphatic heterocycles. The number of nitrogens with one attached hydrogen (secondary N) is 2. The third-order valence-electron chi connectivity index (χ3n) is 8.16. The monoisotopic (exact) mass is 610 g/mol. The van der Waals surface area contributed by atoms with Crippen molar-refractivity contribution in [3.05, 3.63) is 95.6 Å². The fourth-order valence-corrected chi connectivity index (χ4v) is 6.09. The van der Waals surface area contributed by atoms with E-state index in [4.69, 9.17) is 17.0 Å². The first-order chi connectivity index (χ1) is 20.6. The number of hydrogen-bond donors (Lipinski definition) is 2. The highest BCUT2D eigenvalue weighted by atomic mass is 32.1. The summed E-state index contributed by atoms with van der Waals surface area (Å²) in [6.45, 7) is 0.365. The van der Waals surface area contributed by atoms with E-state index in [9.17, 15) is 22.8 Å². The fraction of sp³-hybridized carbons (Fsp3) is 0.344. The van der Waals surface area contributed by atoms with Crippen LogP contribution in [-0.4, -0.2) is 52.5 Å². The molecule has 1 atom stereocenters. The van der Waals surface area contributed by atoms with E-state index in [0.717, 1.165) is 30.5 Å². The molecule has 0 aromatic heterocycles. The Balaban J connectivity index is 1.42. The molecule has 2 amide bonds. The third-order valence-corrected chi connectivity index (χ3v) is 8.53. The number of amides is 2. The molecule has 3 aromatic carbocycles. The van der Waals surface area contributed by atoms with Gasteiger partial charge in [-0.3, -0.25) is 9.59 Å². The van der Waals surface area contributed by atoms with Crippen LogP contribution >= 0.6 is 12.2 Å². The Hall–Kier alpha value is -4.12. The summed E-state index contributed by atoms with van der Waals surface area (Å²) in [7, 11) is 1.55. The average molecular weight is 611 g/mol. The van der Waals surface area contributed by atoms with Crippen LogP contribution in [-0.2, 0) is 22.3 Å². The number of rotatable bonds is 9. The van der Waals surface area contributed by atoms with Gasteiger partial charge in [-0.25, -0.2) is 0 Å². The number of halogens is 3. The first-order valence-electron chi connectivity index (χ1n) is 14.1. The predicted octanol–water partition coefficient (Wildman–Crippen LogP) is 5.93. The summed E-state index contributed by atoms with van der Waals surface area (Å²) in [5.74, 6) is -0.0269. The molecule has 2 aliphatic rings. The van der Waals surface area contributed by atoms with Crippen LogP contribution in [0.1, 0.15) is 48.4 Å². The smallest absolute Gasteiger partial charge is 0.416 e. The van der Waals surface area contributed by atoms with Crippen molar-refractivity contribution in [2.24, 2.45) is 0 Å². The molecule has 11 heteroatoms. The Labute approximate surface area is 254 Å².